The first kappa shape index (κ1) is 24.0. The number of nitrogens with one attached hydrogen (secondary N) is 3. The van der Waals surface area contributed by atoms with Crippen LogP contribution >= 0.6 is 0 Å². The molecule has 3 heterocycles. The standard InChI is InChI=1S/C21H33N5O6/c1-12(23-17(27)14-6-3-9-22-14)19(29)25-10-4-7-15(25)18(28)24-13(2)20(30)26-11-5-8-16(26)21(31)32/h12-16,22H,3-11H2,1-2H3,(H,23,27)(H,24,28)(H,31,32). The molecule has 5 unspecified atom stereocenters. The van der Waals surface area contributed by atoms with Gasteiger partial charge in [0.1, 0.15) is 24.2 Å². The number of rotatable bonds is 7. The zero-order chi connectivity index (χ0) is 23.4. The van der Waals surface area contributed by atoms with Crippen molar-refractivity contribution in [2.24, 2.45) is 0 Å². The van der Waals surface area contributed by atoms with Gasteiger partial charge in [0.2, 0.25) is 23.6 Å². The smallest absolute Gasteiger partial charge is 0.326 e. The number of carboxylic acids is 1. The topological polar surface area (TPSA) is 148 Å². The van der Waals surface area contributed by atoms with E-state index in [0.717, 1.165) is 19.4 Å². The van der Waals surface area contributed by atoms with Crippen LogP contribution in [0.5, 0.6) is 0 Å². The first-order valence-electron chi connectivity index (χ1n) is 11.4. The Bertz CT molecular complexity index is 768. The Morgan fingerprint density at radius 2 is 1.34 bits per heavy atom. The predicted octanol–water partition coefficient (Wildman–Crippen LogP) is -1.19. The summed E-state index contributed by atoms with van der Waals surface area (Å²) in [6.07, 6.45) is 3.75. The fourth-order valence-electron chi connectivity index (χ4n) is 4.74. The van der Waals surface area contributed by atoms with Gasteiger partial charge in [-0.3, -0.25) is 19.2 Å². The number of carbonyl (C=O) groups is 5. The summed E-state index contributed by atoms with van der Waals surface area (Å²) in [5.74, 6) is -2.49. The van der Waals surface area contributed by atoms with Crippen LogP contribution in [0.15, 0.2) is 0 Å². The molecule has 11 heteroatoms. The van der Waals surface area contributed by atoms with Crippen molar-refractivity contribution in [2.75, 3.05) is 19.6 Å². The molecule has 11 nitrogen and oxygen atoms in total. The zero-order valence-electron chi connectivity index (χ0n) is 18.6. The summed E-state index contributed by atoms with van der Waals surface area (Å²) in [6, 6.07) is -3.56. The van der Waals surface area contributed by atoms with E-state index in [-0.39, 0.29) is 17.9 Å². The number of aliphatic carboxylic acids is 1. The third-order valence-corrected chi connectivity index (χ3v) is 6.49. The van der Waals surface area contributed by atoms with E-state index >= 15 is 0 Å². The van der Waals surface area contributed by atoms with Gasteiger partial charge in [-0.05, 0) is 58.9 Å². The molecule has 3 fully saturated rings. The van der Waals surface area contributed by atoms with Crippen molar-refractivity contribution < 1.29 is 29.1 Å². The lowest BCUT2D eigenvalue weighted by Gasteiger charge is -2.29. The van der Waals surface area contributed by atoms with Crippen LogP contribution in [0.25, 0.3) is 0 Å². The molecular formula is C21H33N5O6. The van der Waals surface area contributed by atoms with Crippen LogP contribution in [0.1, 0.15) is 52.4 Å². The van der Waals surface area contributed by atoms with E-state index in [1.165, 1.54) is 16.7 Å². The Balaban J connectivity index is 1.56. The lowest BCUT2D eigenvalue weighted by molar-refractivity contribution is -0.149. The highest BCUT2D eigenvalue weighted by Crippen LogP contribution is 2.21. The maximum atomic E-state index is 12.9. The number of carboxylic acid groups (broad SMARTS) is 1. The third-order valence-electron chi connectivity index (χ3n) is 6.49. The number of hydrogen-bond donors (Lipinski definition) is 4. The molecule has 178 valence electrons. The number of likely N-dealkylation sites (tertiary alicyclic amines) is 2. The number of hydrogen-bond acceptors (Lipinski definition) is 6. The van der Waals surface area contributed by atoms with E-state index in [0.29, 0.717) is 38.8 Å². The molecule has 0 bridgehead atoms. The van der Waals surface area contributed by atoms with Gasteiger partial charge in [-0.1, -0.05) is 0 Å². The van der Waals surface area contributed by atoms with Crippen molar-refractivity contribution in [1.29, 1.82) is 0 Å². The second-order valence-electron chi connectivity index (χ2n) is 8.83. The molecule has 32 heavy (non-hydrogen) atoms. The van der Waals surface area contributed by atoms with Crippen LogP contribution in [-0.4, -0.2) is 94.3 Å². The molecule has 0 radical (unpaired) electrons. The maximum absolute atomic E-state index is 12.9. The van der Waals surface area contributed by atoms with E-state index in [9.17, 15) is 29.1 Å². The fourth-order valence-corrected chi connectivity index (χ4v) is 4.74. The lowest BCUT2D eigenvalue weighted by atomic mass is 10.1. The summed E-state index contributed by atoms with van der Waals surface area (Å²) in [7, 11) is 0. The Kier molecular flexibility index (Phi) is 7.70. The Morgan fingerprint density at radius 1 is 0.812 bits per heavy atom. The molecule has 4 N–H and O–H groups in total. The van der Waals surface area contributed by atoms with Gasteiger partial charge in [-0.25, -0.2) is 4.79 Å². The molecule has 3 aliphatic heterocycles. The van der Waals surface area contributed by atoms with Gasteiger partial charge in [0.05, 0.1) is 6.04 Å². The van der Waals surface area contributed by atoms with E-state index in [1.54, 1.807) is 6.92 Å². The van der Waals surface area contributed by atoms with Crippen LogP contribution in [0.2, 0.25) is 0 Å². The molecule has 0 aromatic carbocycles. The molecule has 3 rings (SSSR count). The summed E-state index contributed by atoms with van der Waals surface area (Å²) >= 11 is 0. The Hall–Kier alpha value is -2.69. The van der Waals surface area contributed by atoms with Gasteiger partial charge in [-0.2, -0.15) is 0 Å². The fraction of sp³-hybridized carbons (Fsp3) is 0.762. The van der Waals surface area contributed by atoms with Crippen molar-refractivity contribution >= 4 is 29.6 Å². The van der Waals surface area contributed by atoms with E-state index in [2.05, 4.69) is 16.0 Å². The summed E-state index contributed by atoms with van der Waals surface area (Å²) in [5.41, 5.74) is 0. The Labute approximate surface area is 187 Å². The minimum atomic E-state index is -1.05. The van der Waals surface area contributed by atoms with Gasteiger partial charge in [0, 0.05) is 13.1 Å². The van der Waals surface area contributed by atoms with Crippen LogP contribution in [0, 0.1) is 0 Å². The van der Waals surface area contributed by atoms with Crippen molar-refractivity contribution in [3.8, 4) is 0 Å². The molecule has 4 amide bonds. The molecule has 5 atom stereocenters. The highest BCUT2D eigenvalue weighted by Gasteiger charge is 2.40. The first-order valence-corrected chi connectivity index (χ1v) is 11.4. The number of nitrogens with zero attached hydrogens (tertiary/aromatic N) is 2. The molecule has 0 aromatic rings. The predicted molar refractivity (Wildman–Crippen MR) is 113 cm³/mol. The lowest BCUT2D eigenvalue weighted by Crippen LogP contribution is -2.57. The minimum absolute atomic E-state index is 0.221. The highest BCUT2D eigenvalue weighted by molar-refractivity contribution is 5.95. The molecule has 0 aliphatic carbocycles. The quantitative estimate of drug-likeness (QED) is 0.381. The normalized spacial score (nSPS) is 27.1. The van der Waals surface area contributed by atoms with Crippen molar-refractivity contribution in [3.05, 3.63) is 0 Å². The second-order valence-corrected chi connectivity index (χ2v) is 8.83. The van der Waals surface area contributed by atoms with Gasteiger partial charge < -0.3 is 30.9 Å². The third kappa shape index (κ3) is 5.20. The maximum Gasteiger partial charge on any atom is 0.326 e. The van der Waals surface area contributed by atoms with Crippen molar-refractivity contribution in [3.63, 3.8) is 0 Å². The number of carbonyl (C=O) groups excluding carboxylic acids is 4. The van der Waals surface area contributed by atoms with Crippen LogP contribution in [-0.2, 0) is 24.0 Å². The minimum Gasteiger partial charge on any atom is -0.480 e. The molecule has 3 saturated heterocycles. The van der Waals surface area contributed by atoms with Crippen LogP contribution in [0.3, 0.4) is 0 Å². The summed E-state index contributed by atoms with van der Waals surface area (Å²) in [4.78, 5) is 64.9. The van der Waals surface area contributed by atoms with Crippen molar-refractivity contribution in [1.82, 2.24) is 25.8 Å². The van der Waals surface area contributed by atoms with Crippen LogP contribution < -0.4 is 16.0 Å². The van der Waals surface area contributed by atoms with Gasteiger partial charge in [-0.15, -0.1) is 0 Å². The van der Waals surface area contributed by atoms with Gasteiger partial charge in [0.15, 0.2) is 0 Å². The molecule has 3 aliphatic rings. The summed E-state index contributed by atoms with van der Waals surface area (Å²) < 4.78 is 0. The SMILES string of the molecule is CC(NC(=O)C1CCCN1C(=O)C(C)NC(=O)C1CCCN1)C(=O)N1CCCC1C(=O)O. The average Bonchev–Trinajstić information content (AvgIpc) is 3.53. The van der Waals surface area contributed by atoms with Gasteiger partial charge in [0.25, 0.3) is 0 Å². The van der Waals surface area contributed by atoms with E-state index < -0.39 is 42.0 Å². The van der Waals surface area contributed by atoms with Crippen LogP contribution in [0.4, 0.5) is 0 Å². The average molecular weight is 452 g/mol. The van der Waals surface area contributed by atoms with Gasteiger partial charge >= 0.3 is 5.97 Å². The van der Waals surface area contributed by atoms with Crippen molar-refractivity contribution in [2.45, 2.75) is 82.6 Å². The summed E-state index contributed by atoms with van der Waals surface area (Å²) in [5, 5.41) is 17.8. The molecule has 0 aromatic heterocycles. The monoisotopic (exact) mass is 451 g/mol. The summed E-state index contributed by atoms with van der Waals surface area (Å²) in [6.45, 7) is 4.64. The molecule has 0 saturated carbocycles. The molecular weight excluding hydrogens is 418 g/mol. The second kappa shape index (κ2) is 10.3. The number of amides is 4. The first-order chi connectivity index (χ1) is 15.2. The highest BCUT2D eigenvalue weighted by atomic mass is 16.4. The largest absolute Gasteiger partial charge is 0.480 e. The van der Waals surface area contributed by atoms with E-state index in [1.807, 2.05) is 0 Å². The Morgan fingerprint density at radius 3 is 1.88 bits per heavy atom. The zero-order valence-corrected chi connectivity index (χ0v) is 18.6. The molecule has 0 spiro atoms. The van der Waals surface area contributed by atoms with E-state index in [4.69, 9.17) is 0 Å².